The van der Waals surface area contributed by atoms with Crippen molar-refractivity contribution >= 4 is 0 Å². The third-order valence-corrected chi connectivity index (χ3v) is 3.58. The van der Waals surface area contributed by atoms with Crippen LogP contribution in [0.25, 0.3) is 0 Å². The van der Waals surface area contributed by atoms with E-state index in [0.717, 1.165) is 12.0 Å². The maximum atomic E-state index is 3.68. The number of hydrogen-bond donors (Lipinski definition) is 1. The van der Waals surface area contributed by atoms with Gasteiger partial charge in [-0.25, -0.2) is 0 Å². The lowest BCUT2D eigenvalue weighted by Gasteiger charge is -2.34. The molecule has 0 aromatic rings. The summed E-state index contributed by atoms with van der Waals surface area (Å²) in [6, 6.07) is 0.835. The molecule has 16 heavy (non-hydrogen) atoms. The van der Waals surface area contributed by atoms with Gasteiger partial charge in [0.25, 0.3) is 0 Å². The van der Waals surface area contributed by atoms with Crippen LogP contribution in [0.4, 0.5) is 0 Å². The zero-order valence-electron chi connectivity index (χ0n) is 11.8. The van der Waals surface area contributed by atoms with Crippen molar-refractivity contribution in [3.05, 3.63) is 0 Å². The molecule has 1 aliphatic carbocycles. The van der Waals surface area contributed by atoms with Crippen LogP contribution >= 0.6 is 0 Å². The van der Waals surface area contributed by atoms with Gasteiger partial charge < -0.3 is 10.2 Å². The Morgan fingerprint density at radius 2 is 2.00 bits per heavy atom. The first-order chi connectivity index (χ1) is 7.45. The maximum absolute atomic E-state index is 3.68. The number of nitrogens with zero attached hydrogens (tertiary/aromatic N) is 1. The molecular weight excluding hydrogens is 196 g/mol. The summed E-state index contributed by atoms with van der Waals surface area (Å²) >= 11 is 0. The summed E-state index contributed by atoms with van der Waals surface area (Å²) in [7, 11) is 2.25. The molecule has 1 saturated carbocycles. The van der Waals surface area contributed by atoms with Gasteiger partial charge in [0, 0.05) is 25.7 Å². The van der Waals surface area contributed by atoms with Gasteiger partial charge in [0.05, 0.1) is 0 Å². The van der Waals surface area contributed by atoms with Crippen LogP contribution < -0.4 is 5.32 Å². The largest absolute Gasteiger partial charge is 0.313 e. The van der Waals surface area contributed by atoms with E-state index < -0.39 is 0 Å². The molecule has 0 spiro atoms. The molecule has 1 fully saturated rings. The van der Waals surface area contributed by atoms with Crippen LogP contribution in [-0.4, -0.2) is 37.6 Å². The quantitative estimate of drug-likeness (QED) is 0.684. The Hall–Kier alpha value is -0.0800. The van der Waals surface area contributed by atoms with Crippen LogP contribution in [0, 0.1) is 11.3 Å². The molecule has 0 aromatic heterocycles. The first kappa shape index (κ1) is 14.0. The van der Waals surface area contributed by atoms with Crippen molar-refractivity contribution in [1.82, 2.24) is 10.2 Å². The van der Waals surface area contributed by atoms with Gasteiger partial charge in [-0.15, -0.1) is 0 Å². The Morgan fingerprint density at radius 3 is 2.44 bits per heavy atom. The molecule has 0 amide bonds. The molecule has 1 unspecified atom stereocenters. The molecular formula is C14H30N2. The molecule has 0 aliphatic heterocycles. The molecule has 0 aromatic carbocycles. The van der Waals surface area contributed by atoms with Gasteiger partial charge in [0.15, 0.2) is 0 Å². The minimum Gasteiger partial charge on any atom is -0.313 e. The lowest BCUT2D eigenvalue weighted by molar-refractivity contribution is 0.168. The monoisotopic (exact) mass is 226 g/mol. The third-order valence-electron chi connectivity index (χ3n) is 3.58. The van der Waals surface area contributed by atoms with Gasteiger partial charge in [-0.05, 0) is 37.6 Å². The van der Waals surface area contributed by atoms with Gasteiger partial charge >= 0.3 is 0 Å². The first-order valence-electron chi connectivity index (χ1n) is 6.87. The topological polar surface area (TPSA) is 15.3 Å². The van der Waals surface area contributed by atoms with E-state index in [1.807, 2.05) is 0 Å². The van der Waals surface area contributed by atoms with Crippen molar-refractivity contribution < 1.29 is 0 Å². The van der Waals surface area contributed by atoms with Crippen molar-refractivity contribution in [2.24, 2.45) is 11.3 Å². The summed E-state index contributed by atoms with van der Waals surface area (Å²) in [6.45, 7) is 12.9. The Labute approximate surface area is 102 Å². The molecule has 1 atom stereocenters. The summed E-state index contributed by atoms with van der Waals surface area (Å²) in [5, 5.41) is 3.68. The predicted molar refractivity (Wildman–Crippen MR) is 71.8 cm³/mol. The van der Waals surface area contributed by atoms with Crippen LogP contribution in [0.15, 0.2) is 0 Å². The van der Waals surface area contributed by atoms with Crippen LogP contribution in [-0.2, 0) is 0 Å². The van der Waals surface area contributed by atoms with E-state index in [-0.39, 0.29) is 0 Å². The second-order valence-corrected chi connectivity index (χ2v) is 6.41. The summed E-state index contributed by atoms with van der Waals surface area (Å²) in [5.41, 5.74) is 0.437. The fourth-order valence-corrected chi connectivity index (χ4v) is 2.31. The number of hydrogen-bond acceptors (Lipinski definition) is 2. The van der Waals surface area contributed by atoms with Crippen LogP contribution in [0.3, 0.4) is 0 Å². The zero-order valence-corrected chi connectivity index (χ0v) is 11.8. The van der Waals surface area contributed by atoms with Crippen molar-refractivity contribution in [3.63, 3.8) is 0 Å². The Balaban J connectivity index is 2.31. The normalized spacial score (nSPS) is 20.4. The van der Waals surface area contributed by atoms with Crippen LogP contribution in [0.1, 0.15) is 47.0 Å². The van der Waals surface area contributed by atoms with E-state index in [0.29, 0.717) is 5.41 Å². The molecule has 1 aliphatic rings. The first-order valence-corrected chi connectivity index (χ1v) is 6.87. The predicted octanol–water partition coefficient (Wildman–Crippen LogP) is 2.74. The van der Waals surface area contributed by atoms with Gasteiger partial charge in [-0.2, -0.15) is 0 Å². The molecule has 0 saturated heterocycles. The van der Waals surface area contributed by atoms with E-state index in [2.05, 4.69) is 45.0 Å². The molecule has 2 nitrogen and oxygen atoms in total. The highest BCUT2D eigenvalue weighted by molar-refractivity contribution is 4.86. The lowest BCUT2D eigenvalue weighted by atomic mass is 9.86. The van der Waals surface area contributed by atoms with Gasteiger partial charge in [-0.1, -0.05) is 27.7 Å². The summed E-state index contributed by atoms with van der Waals surface area (Å²) < 4.78 is 0. The fraction of sp³-hybridized carbons (Fsp3) is 1.00. The maximum Gasteiger partial charge on any atom is 0.00684 e. The molecule has 2 heteroatoms. The number of nitrogens with one attached hydrogen (secondary N) is 1. The van der Waals surface area contributed by atoms with E-state index in [1.54, 1.807) is 0 Å². The van der Waals surface area contributed by atoms with E-state index >= 15 is 0 Å². The minimum absolute atomic E-state index is 0.437. The highest BCUT2D eigenvalue weighted by Gasteiger charge is 2.28. The van der Waals surface area contributed by atoms with Gasteiger partial charge in [-0.3, -0.25) is 0 Å². The number of rotatable bonds is 8. The van der Waals surface area contributed by atoms with Crippen molar-refractivity contribution in [1.29, 1.82) is 0 Å². The lowest BCUT2D eigenvalue weighted by Crippen LogP contribution is -2.42. The van der Waals surface area contributed by atoms with Crippen LogP contribution in [0.5, 0.6) is 0 Å². The summed E-state index contributed by atoms with van der Waals surface area (Å²) in [4.78, 5) is 2.49. The second kappa shape index (κ2) is 6.02. The average molecular weight is 226 g/mol. The van der Waals surface area contributed by atoms with E-state index in [1.165, 1.54) is 38.9 Å². The average Bonchev–Trinajstić information content (AvgIpc) is 2.96. The Kier molecular flexibility index (Phi) is 5.26. The molecule has 1 N–H and O–H groups in total. The molecule has 0 heterocycles. The second-order valence-electron chi connectivity index (χ2n) is 6.41. The smallest absolute Gasteiger partial charge is 0.00684 e. The van der Waals surface area contributed by atoms with E-state index in [9.17, 15) is 0 Å². The van der Waals surface area contributed by atoms with Gasteiger partial charge in [0.2, 0.25) is 0 Å². The van der Waals surface area contributed by atoms with Crippen LogP contribution in [0.2, 0.25) is 0 Å². The third kappa shape index (κ3) is 5.31. The highest BCUT2D eigenvalue weighted by atomic mass is 15.1. The molecule has 96 valence electrons. The van der Waals surface area contributed by atoms with Crippen molar-refractivity contribution in [3.8, 4) is 0 Å². The van der Waals surface area contributed by atoms with Crippen molar-refractivity contribution in [2.45, 2.75) is 53.0 Å². The standard InChI is InChI=1S/C14H30N2/c1-6-14(4,10-15-13-7-8-13)11-16(5)9-12(2)3/h12-13,15H,6-11H2,1-5H3. The summed E-state index contributed by atoms with van der Waals surface area (Å²) in [5.74, 6) is 0.766. The SMILES string of the molecule is CCC(C)(CNC1CC1)CN(C)CC(C)C. The Morgan fingerprint density at radius 1 is 1.38 bits per heavy atom. The van der Waals surface area contributed by atoms with E-state index in [4.69, 9.17) is 0 Å². The Bertz CT molecular complexity index is 199. The molecule has 1 rings (SSSR count). The van der Waals surface area contributed by atoms with Gasteiger partial charge in [0.1, 0.15) is 0 Å². The fourth-order valence-electron chi connectivity index (χ4n) is 2.31. The molecule has 0 bridgehead atoms. The highest BCUT2D eigenvalue weighted by Crippen LogP contribution is 2.25. The zero-order chi connectivity index (χ0) is 12.2. The van der Waals surface area contributed by atoms with Crippen molar-refractivity contribution in [2.75, 3.05) is 26.7 Å². The minimum atomic E-state index is 0.437. The summed E-state index contributed by atoms with van der Waals surface area (Å²) in [6.07, 6.45) is 4.04. The molecule has 0 radical (unpaired) electrons.